The summed E-state index contributed by atoms with van der Waals surface area (Å²) in [5, 5.41) is 16.7. The molecule has 6 nitrogen and oxygen atoms in total. The van der Waals surface area contributed by atoms with Crippen LogP contribution >= 0.6 is 0 Å². The third-order valence-electron chi connectivity index (χ3n) is 3.43. The Kier molecular flexibility index (Phi) is 4.55. The number of nitrogens with zero attached hydrogens (tertiary/aromatic N) is 2. The molecule has 0 aliphatic carbocycles. The van der Waals surface area contributed by atoms with Crippen molar-refractivity contribution in [1.82, 2.24) is 9.97 Å². The Morgan fingerprint density at radius 3 is 2.79 bits per heavy atom. The fourth-order valence-electron chi connectivity index (χ4n) is 2.04. The summed E-state index contributed by atoms with van der Waals surface area (Å²) in [4.78, 5) is 8.51. The summed E-state index contributed by atoms with van der Waals surface area (Å²) < 4.78 is 5.40. The Morgan fingerprint density at radius 1 is 1.42 bits per heavy atom. The Bertz CT molecular complexity index is 415. The van der Waals surface area contributed by atoms with Gasteiger partial charge in [0.25, 0.3) is 0 Å². The minimum Gasteiger partial charge on any atom is -0.385 e. The molecule has 0 spiro atoms. The van der Waals surface area contributed by atoms with E-state index in [4.69, 9.17) is 4.74 Å². The van der Waals surface area contributed by atoms with Crippen molar-refractivity contribution < 1.29 is 9.84 Å². The van der Waals surface area contributed by atoms with E-state index in [0.717, 1.165) is 18.8 Å². The smallest absolute Gasteiger partial charge is 0.147 e. The molecular weight excluding hydrogens is 244 g/mol. The zero-order valence-corrected chi connectivity index (χ0v) is 11.5. The molecular formula is C13H22N4O2. The van der Waals surface area contributed by atoms with Crippen molar-refractivity contribution in [2.45, 2.75) is 38.4 Å². The van der Waals surface area contributed by atoms with Gasteiger partial charge in [-0.15, -0.1) is 0 Å². The summed E-state index contributed by atoms with van der Waals surface area (Å²) in [7, 11) is 0. The third-order valence-corrected chi connectivity index (χ3v) is 3.43. The molecule has 0 radical (unpaired) electrons. The molecule has 1 saturated heterocycles. The van der Waals surface area contributed by atoms with Crippen molar-refractivity contribution in [2.75, 3.05) is 30.3 Å². The van der Waals surface area contributed by atoms with E-state index in [1.54, 1.807) is 12.4 Å². The van der Waals surface area contributed by atoms with Crippen LogP contribution in [-0.2, 0) is 4.74 Å². The second-order valence-corrected chi connectivity index (χ2v) is 4.94. The largest absolute Gasteiger partial charge is 0.385 e. The monoisotopic (exact) mass is 266 g/mol. The van der Waals surface area contributed by atoms with Crippen molar-refractivity contribution in [3.05, 3.63) is 12.4 Å². The highest BCUT2D eigenvalue weighted by Gasteiger charge is 2.39. The van der Waals surface area contributed by atoms with Gasteiger partial charge in [0.1, 0.15) is 17.2 Å². The quantitative estimate of drug-likeness (QED) is 0.719. The SMILES string of the molecule is CCCNc1cncc(NCC2(O)CCOC2C)n1. The maximum Gasteiger partial charge on any atom is 0.147 e. The van der Waals surface area contributed by atoms with E-state index >= 15 is 0 Å². The lowest BCUT2D eigenvalue weighted by Gasteiger charge is -2.26. The maximum atomic E-state index is 10.4. The molecule has 2 atom stereocenters. The molecule has 0 aromatic carbocycles. The Morgan fingerprint density at radius 2 is 2.16 bits per heavy atom. The average molecular weight is 266 g/mol. The van der Waals surface area contributed by atoms with Crippen LogP contribution in [0.5, 0.6) is 0 Å². The Hall–Kier alpha value is -1.40. The molecule has 0 bridgehead atoms. The number of nitrogens with one attached hydrogen (secondary N) is 2. The van der Waals surface area contributed by atoms with E-state index in [2.05, 4.69) is 27.5 Å². The van der Waals surface area contributed by atoms with Crippen LogP contribution in [0.15, 0.2) is 12.4 Å². The number of aromatic nitrogens is 2. The highest BCUT2D eigenvalue weighted by Crippen LogP contribution is 2.25. The lowest BCUT2D eigenvalue weighted by atomic mass is 9.97. The average Bonchev–Trinajstić information content (AvgIpc) is 2.75. The second kappa shape index (κ2) is 6.16. The molecule has 2 heterocycles. The fraction of sp³-hybridized carbons (Fsp3) is 0.692. The van der Waals surface area contributed by atoms with Gasteiger partial charge in [-0.3, -0.25) is 4.98 Å². The van der Waals surface area contributed by atoms with Crippen LogP contribution in [0.2, 0.25) is 0 Å². The fourth-order valence-corrected chi connectivity index (χ4v) is 2.04. The van der Waals surface area contributed by atoms with Crippen molar-refractivity contribution in [1.29, 1.82) is 0 Å². The molecule has 0 saturated carbocycles. The molecule has 1 aromatic heterocycles. The second-order valence-electron chi connectivity index (χ2n) is 4.94. The molecule has 2 rings (SSSR count). The van der Waals surface area contributed by atoms with Gasteiger partial charge in [-0.2, -0.15) is 0 Å². The molecule has 1 aliphatic rings. The predicted molar refractivity (Wildman–Crippen MR) is 74.3 cm³/mol. The number of ether oxygens (including phenoxy) is 1. The van der Waals surface area contributed by atoms with Gasteiger partial charge in [0, 0.05) is 26.1 Å². The molecule has 1 fully saturated rings. The summed E-state index contributed by atoms with van der Waals surface area (Å²) in [5.74, 6) is 1.41. The third kappa shape index (κ3) is 3.54. The van der Waals surface area contributed by atoms with Crippen LogP contribution in [0, 0.1) is 0 Å². The first-order valence-corrected chi connectivity index (χ1v) is 6.78. The number of aliphatic hydroxyl groups is 1. The summed E-state index contributed by atoms with van der Waals surface area (Å²) in [6, 6.07) is 0. The van der Waals surface area contributed by atoms with Crippen LogP contribution in [0.25, 0.3) is 0 Å². The van der Waals surface area contributed by atoms with Gasteiger partial charge < -0.3 is 20.5 Å². The summed E-state index contributed by atoms with van der Waals surface area (Å²) in [6.07, 6.45) is 4.86. The number of hydrogen-bond acceptors (Lipinski definition) is 6. The minimum absolute atomic E-state index is 0.158. The number of hydrogen-bond donors (Lipinski definition) is 3. The van der Waals surface area contributed by atoms with E-state index in [1.807, 2.05) is 6.92 Å². The molecule has 2 unspecified atom stereocenters. The first-order valence-electron chi connectivity index (χ1n) is 6.78. The Labute approximate surface area is 113 Å². The van der Waals surface area contributed by atoms with Gasteiger partial charge in [-0.25, -0.2) is 4.98 Å². The molecule has 6 heteroatoms. The molecule has 3 N–H and O–H groups in total. The lowest BCUT2D eigenvalue weighted by Crippen LogP contribution is -2.43. The minimum atomic E-state index is -0.825. The summed E-state index contributed by atoms with van der Waals surface area (Å²) in [6.45, 7) is 5.87. The van der Waals surface area contributed by atoms with Crippen molar-refractivity contribution in [2.24, 2.45) is 0 Å². The van der Waals surface area contributed by atoms with Gasteiger partial charge >= 0.3 is 0 Å². The number of anilines is 2. The zero-order valence-electron chi connectivity index (χ0n) is 11.5. The van der Waals surface area contributed by atoms with E-state index in [1.165, 1.54) is 0 Å². The first kappa shape index (κ1) is 14.0. The van der Waals surface area contributed by atoms with Gasteiger partial charge in [-0.05, 0) is 13.3 Å². The number of rotatable bonds is 6. The van der Waals surface area contributed by atoms with Crippen LogP contribution < -0.4 is 10.6 Å². The Balaban J connectivity index is 1.92. The summed E-state index contributed by atoms with van der Waals surface area (Å²) in [5.41, 5.74) is -0.825. The van der Waals surface area contributed by atoms with Crippen molar-refractivity contribution in [3.63, 3.8) is 0 Å². The van der Waals surface area contributed by atoms with Crippen LogP contribution in [0.3, 0.4) is 0 Å². The van der Waals surface area contributed by atoms with Gasteiger partial charge in [0.15, 0.2) is 0 Å². The first-order chi connectivity index (χ1) is 9.14. The molecule has 0 amide bonds. The molecule has 19 heavy (non-hydrogen) atoms. The highest BCUT2D eigenvalue weighted by atomic mass is 16.5. The molecule has 1 aromatic rings. The maximum absolute atomic E-state index is 10.4. The standard InChI is InChI=1S/C13H22N4O2/c1-3-5-15-11-7-14-8-12(17-11)16-9-13(18)4-6-19-10(13)2/h7-8,10,18H,3-6,9H2,1-2H3,(H2,15,16,17). The normalized spacial score (nSPS) is 26.4. The van der Waals surface area contributed by atoms with E-state index < -0.39 is 5.60 Å². The van der Waals surface area contributed by atoms with Gasteiger partial charge in [-0.1, -0.05) is 6.92 Å². The van der Waals surface area contributed by atoms with Gasteiger partial charge in [0.2, 0.25) is 0 Å². The summed E-state index contributed by atoms with van der Waals surface area (Å²) >= 11 is 0. The topological polar surface area (TPSA) is 79.3 Å². The van der Waals surface area contributed by atoms with Crippen LogP contribution in [-0.4, -0.2) is 46.5 Å². The van der Waals surface area contributed by atoms with E-state index in [0.29, 0.717) is 25.4 Å². The van der Waals surface area contributed by atoms with Gasteiger partial charge in [0.05, 0.1) is 18.5 Å². The highest BCUT2D eigenvalue weighted by molar-refractivity contribution is 5.41. The van der Waals surface area contributed by atoms with Crippen LogP contribution in [0.4, 0.5) is 11.6 Å². The molecule has 1 aliphatic heterocycles. The van der Waals surface area contributed by atoms with Crippen LogP contribution in [0.1, 0.15) is 26.7 Å². The molecule has 106 valence electrons. The zero-order chi connectivity index (χ0) is 13.7. The van der Waals surface area contributed by atoms with Crippen molar-refractivity contribution in [3.8, 4) is 0 Å². The van der Waals surface area contributed by atoms with E-state index in [-0.39, 0.29) is 6.10 Å². The van der Waals surface area contributed by atoms with Crippen molar-refractivity contribution >= 4 is 11.6 Å². The van der Waals surface area contributed by atoms with E-state index in [9.17, 15) is 5.11 Å². The lowest BCUT2D eigenvalue weighted by molar-refractivity contribution is -0.0176. The predicted octanol–water partition coefficient (Wildman–Crippen LogP) is 1.25.